The number of nitrogens with one attached hydrogen (secondary N) is 2. The van der Waals surface area contributed by atoms with Crippen molar-refractivity contribution in [3.8, 4) is 5.75 Å². The van der Waals surface area contributed by atoms with Crippen molar-refractivity contribution in [2.24, 2.45) is 5.73 Å². The first-order valence-electron chi connectivity index (χ1n) is 14.2. The lowest BCUT2D eigenvalue weighted by molar-refractivity contribution is -0.147. The smallest absolute Gasteiger partial charge is 0.408 e. The maximum Gasteiger partial charge on any atom is 0.408 e. The highest BCUT2D eigenvalue weighted by Crippen LogP contribution is 2.33. The summed E-state index contributed by atoms with van der Waals surface area (Å²) in [5.74, 6) is -1.72. The number of ether oxygens (including phenoxy) is 1. The van der Waals surface area contributed by atoms with Crippen LogP contribution in [0.4, 0.5) is 10.5 Å². The Labute approximate surface area is 252 Å². The van der Waals surface area contributed by atoms with Gasteiger partial charge in [0.05, 0.1) is 0 Å². The second-order valence-electron chi connectivity index (χ2n) is 12.6. The van der Waals surface area contributed by atoms with Gasteiger partial charge in [-0.05, 0) is 101 Å². The van der Waals surface area contributed by atoms with Crippen molar-refractivity contribution in [2.75, 3.05) is 5.32 Å². The number of phenols is 1. The molecule has 0 spiro atoms. The van der Waals surface area contributed by atoms with Crippen LogP contribution in [0.5, 0.6) is 5.75 Å². The molecule has 5 N–H and O–H groups in total. The second-order valence-corrected chi connectivity index (χ2v) is 12.6. The summed E-state index contributed by atoms with van der Waals surface area (Å²) in [6.07, 6.45) is -1.13. The van der Waals surface area contributed by atoms with Gasteiger partial charge in [0.15, 0.2) is 0 Å². The molecular weight excluding hydrogens is 548 g/mol. The average Bonchev–Trinajstić information content (AvgIpc) is 2.89. The summed E-state index contributed by atoms with van der Waals surface area (Å²) in [5, 5.41) is 17.7. The molecule has 2 unspecified atom stereocenters. The molecule has 0 fully saturated rings. The van der Waals surface area contributed by atoms with Crippen molar-refractivity contribution in [3.05, 3.63) is 71.8 Å². The molecule has 2 atom stereocenters. The summed E-state index contributed by atoms with van der Waals surface area (Å²) in [7, 11) is 0. The van der Waals surface area contributed by atoms with Crippen LogP contribution in [-0.2, 0) is 19.1 Å². The van der Waals surface area contributed by atoms with Crippen molar-refractivity contribution in [1.82, 2.24) is 10.2 Å². The Morgan fingerprint density at radius 1 is 0.930 bits per heavy atom. The molecule has 0 aliphatic rings. The van der Waals surface area contributed by atoms with Gasteiger partial charge in [-0.15, -0.1) is 0 Å². The summed E-state index contributed by atoms with van der Waals surface area (Å²) in [4.78, 5) is 54.4. The van der Waals surface area contributed by atoms with Crippen molar-refractivity contribution >= 4 is 40.3 Å². The van der Waals surface area contributed by atoms with Gasteiger partial charge in [-0.1, -0.05) is 36.4 Å². The number of aryl methyl sites for hydroxylation is 1. The van der Waals surface area contributed by atoms with Crippen molar-refractivity contribution < 1.29 is 29.0 Å². The topological polar surface area (TPSA) is 151 Å². The maximum atomic E-state index is 14.4. The summed E-state index contributed by atoms with van der Waals surface area (Å²) >= 11 is 0. The van der Waals surface area contributed by atoms with E-state index >= 15 is 0 Å². The molecule has 3 aromatic carbocycles. The van der Waals surface area contributed by atoms with Gasteiger partial charge in [-0.2, -0.15) is 0 Å². The molecule has 0 saturated carbocycles. The molecule has 230 valence electrons. The lowest BCUT2D eigenvalue weighted by atomic mass is 9.93. The van der Waals surface area contributed by atoms with Gasteiger partial charge in [0.2, 0.25) is 11.8 Å². The molecule has 0 heterocycles. The van der Waals surface area contributed by atoms with E-state index in [4.69, 9.17) is 10.5 Å². The highest BCUT2D eigenvalue weighted by atomic mass is 16.6. The number of alkyl carbamates (subject to hydrolysis) is 1. The van der Waals surface area contributed by atoms with E-state index in [1.807, 2.05) is 36.4 Å². The van der Waals surface area contributed by atoms with Gasteiger partial charge in [-0.25, -0.2) is 4.79 Å². The van der Waals surface area contributed by atoms with E-state index in [1.54, 1.807) is 66.7 Å². The zero-order chi connectivity index (χ0) is 32.1. The second kappa shape index (κ2) is 13.1. The van der Waals surface area contributed by atoms with Gasteiger partial charge < -0.3 is 31.1 Å². The molecule has 3 rings (SSSR count). The Morgan fingerprint density at radius 2 is 1.58 bits per heavy atom. The number of fused-ring (bicyclic) bond motifs is 1. The quantitative estimate of drug-likeness (QED) is 0.265. The van der Waals surface area contributed by atoms with E-state index in [-0.39, 0.29) is 18.6 Å². The number of nitrogens with two attached hydrogens (primary N) is 1. The summed E-state index contributed by atoms with van der Waals surface area (Å²) < 4.78 is 5.38. The maximum absolute atomic E-state index is 14.4. The lowest BCUT2D eigenvalue weighted by Crippen LogP contribution is -2.58. The van der Waals surface area contributed by atoms with E-state index in [2.05, 4.69) is 10.6 Å². The van der Waals surface area contributed by atoms with E-state index in [9.17, 15) is 24.3 Å². The summed E-state index contributed by atoms with van der Waals surface area (Å²) in [6, 6.07) is 15.5. The average molecular weight is 591 g/mol. The van der Waals surface area contributed by atoms with E-state index in [1.165, 1.54) is 11.0 Å². The van der Waals surface area contributed by atoms with Crippen LogP contribution in [0.1, 0.15) is 71.6 Å². The number of hydrogen-bond acceptors (Lipinski definition) is 6. The third-order valence-corrected chi connectivity index (χ3v) is 6.69. The van der Waals surface area contributed by atoms with Crippen LogP contribution in [0.2, 0.25) is 0 Å². The SMILES string of the molecule is Cc1cc(C(C(=O)Nc2ccc3ccccc3c2)N(C(=O)C(CCC(N)=O)NC(=O)OC(C)(C)C)C(C)(C)C)ccc1O. The number of aromatic hydroxyl groups is 1. The Balaban J connectivity index is 2.10. The normalized spacial score (nSPS) is 13.1. The number of anilines is 1. The number of phenolic OH excluding ortho intramolecular Hbond substituents is 1. The molecule has 0 aromatic heterocycles. The molecule has 0 aliphatic heterocycles. The van der Waals surface area contributed by atoms with Crippen LogP contribution in [0, 0.1) is 6.92 Å². The van der Waals surface area contributed by atoms with Crippen molar-refractivity contribution in [1.29, 1.82) is 0 Å². The third kappa shape index (κ3) is 8.94. The van der Waals surface area contributed by atoms with E-state index < -0.39 is 47.0 Å². The van der Waals surface area contributed by atoms with Gasteiger partial charge in [0, 0.05) is 17.6 Å². The number of carbonyl (C=O) groups is 4. The Bertz CT molecular complexity index is 1510. The zero-order valence-electron chi connectivity index (χ0n) is 25.9. The largest absolute Gasteiger partial charge is 0.508 e. The molecule has 0 radical (unpaired) electrons. The fraction of sp³-hybridized carbons (Fsp3) is 0.394. The van der Waals surface area contributed by atoms with Crippen LogP contribution in [0.25, 0.3) is 10.8 Å². The van der Waals surface area contributed by atoms with Crippen LogP contribution in [0.15, 0.2) is 60.7 Å². The Hall–Kier alpha value is -4.60. The summed E-state index contributed by atoms with van der Waals surface area (Å²) in [6.45, 7) is 12.1. The monoisotopic (exact) mass is 590 g/mol. The number of nitrogens with zero attached hydrogens (tertiary/aromatic N) is 1. The van der Waals surface area contributed by atoms with Gasteiger partial charge in [0.25, 0.3) is 5.91 Å². The molecular formula is C33H42N4O6. The lowest BCUT2D eigenvalue weighted by Gasteiger charge is -2.43. The molecule has 10 heteroatoms. The highest BCUT2D eigenvalue weighted by Gasteiger charge is 2.42. The molecule has 0 aliphatic carbocycles. The van der Waals surface area contributed by atoms with Crippen molar-refractivity contribution in [2.45, 2.75) is 84.5 Å². The molecule has 10 nitrogen and oxygen atoms in total. The van der Waals surface area contributed by atoms with Crippen molar-refractivity contribution in [3.63, 3.8) is 0 Å². The predicted molar refractivity (Wildman–Crippen MR) is 166 cm³/mol. The van der Waals surface area contributed by atoms with Crippen LogP contribution in [0.3, 0.4) is 0 Å². The molecule has 0 saturated heterocycles. The molecule has 0 bridgehead atoms. The molecule has 43 heavy (non-hydrogen) atoms. The fourth-order valence-corrected chi connectivity index (χ4v) is 4.75. The third-order valence-electron chi connectivity index (χ3n) is 6.69. The minimum Gasteiger partial charge on any atom is -0.508 e. The van der Waals surface area contributed by atoms with Gasteiger partial charge >= 0.3 is 6.09 Å². The molecule has 3 aromatic rings. The van der Waals surface area contributed by atoms with Crippen LogP contribution in [-0.4, -0.2) is 51.0 Å². The number of rotatable bonds is 9. The predicted octanol–water partition coefficient (Wildman–Crippen LogP) is 5.32. The zero-order valence-corrected chi connectivity index (χ0v) is 25.9. The standard InChI is InChI=1S/C33H42N4O6/c1-20-18-23(13-16-26(20)38)28(29(40)35-24-14-12-21-10-8-9-11-22(21)19-24)37(32(2,3)4)30(41)25(15-17-27(34)39)36-31(42)43-33(5,6)7/h8-14,16,18-19,25,28,38H,15,17H2,1-7H3,(H2,34,39)(H,35,40)(H,36,42). The summed E-state index contributed by atoms with van der Waals surface area (Å²) in [5.41, 5.74) is 5.10. The van der Waals surface area contributed by atoms with Gasteiger partial charge in [0.1, 0.15) is 23.4 Å². The van der Waals surface area contributed by atoms with Crippen LogP contribution < -0.4 is 16.4 Å². The minimum atomic E-state index is -1.23. The van der Waals surface area contributed by atoms with E-state index in [0.717, 1.165) is 10.8 Å². The number of primary amides is 1. The van der Waals surface area contributed by atoms with Gasteiger partial charge in [-0.3, -0.25) is 14.4 Å². The Morgan fingerprint density at radius 3 is 2.16 bits per heavy atom. The number of carbonyl (C=O) groups excluding carboxylic acids is 4. The number of hydrogen-bond donors (Lipinski definition) is 4. The number of amides is 4. The van der Waals surface area contributed by atoms with Crippen LogP contribution >= 0.6 is 0 Å². The highest BCUT2D eigenvalue weighted by molar-refractivity contribution is 6.00. The minimum absolute atomic E-state index is 0.0389. The first-order chi connectivity index (χ1) is 20.0. The first kappa shape index (κ1) is 32.9. The van der Waals surface area contributed by atoms with E-state index in [0.29, 0.717) is 16.8 Å². The Kier molecular flexibility index (Phi) is 10.1. The first-order valence-corrected chi connectivity index (χ1v) is 14.2. The fourth-order valence-electron chi connectivity index (χ4n) is 4.75. The number of benzene rings is 3. The molecule has 4 amide bonds.